The molecular weight excluding hydrogens is 252 g/mol. The number of carboxylic acid groups (broad SMARTS) is 1. The predicted molar refractivity (Wildman–Crippen MR) is 70.1 cm³/mol. The van der Waals surface area contributed by atoms with E-state index in [1.54, 1.807) is 4.90 Å². The molecule has 102 valence electrons. The fraction of sp³-hybridized carbons (Fsp3) is 0.833. The van der Waals surface area contributed by atoms with Gasteiger partial charge in [0.25, 0.3) is 0 Å². The zero-order valence-corrected chi connectivity index (χ0v) is 11.2. The van der Waals surface area contributed by atoms with E-state index in [9.17, 15) is 9.59 Å². The fourth-order valence-electron chi connectivity index (χ4n) is 2.74. The number of nitrogens with two attached hydrogens (primary N) is 1. The maximum Gasteiger partial charge on any atom is 0.327 e. The average molecular weight is 272 g/mol. The number of nitrogens with zero attached hydrogens (tertiary/aromatic N) is 1. The zero-order chi connectivity index (χ0) is 13.1. The summed E-state index contributed by atoms with van der Waals surface area (Å²) in [4.78, 5) is 24.9. The molecule has 0 aromatic rings. The molecule has 0 bridgehead atoms. The number of hydrogen-bond acceptors (Lipinski definition) is 4. The van der Waals surface area contributed by atoms with E-state index in [0.717, 1.165) is 25.7 Å². The second-order valence-electron chi connectivity index (χ2n) is 5.12. The maximum absolute atomic E-state index is 12.3. The van der Waals surface area contributed by atoms with Gasteiger partial charge in [-0.05, 0) is 38.1 Å². The summed E-state index contributed by atoms with van der Waals surface area (Å²) >= 11 is 1.52. The summed E-state index contributed by atoms with van der Waals surface area (Å²) in [6, 6.07) is -0.630. The van der Waals surface area contributed by atoms with Crippen LogP contribution in [0.15, 0.2) is 0 Å². The number of aliphatic carboxylic acids is 1. The quantitative estimate of drug-likeness (QED) is 0.791. The Kier molecular flexibility index (Phi) is 4.50. The molecule has 1 heterocycles. The molecule has 0 aromatic carbocycles. The Morgan fingerprint density at radius 2 is 1.94 bits per heavy atom. The molecule has 1 aliphatic carbocycles. The van der Waals surface area contributed by atoms with Crippen LogP contribution in [0.5, 0.6) is 0 Å². The van der Waals surface area contributed by atoms with E-state index in [0.29, 0.717) is 24.1 Å². The highest BCUT2D eigenvalue weighted by molar-refractivity contribution is 7.99. The molecule has 1 saturated heterocycles. The number of thioether (sulfide) groups is 1. The molecular formula is C12H20N2O3S. The van der Waals surface area contributed by atoms with Gasteiger partial charge in [-0.2, -0.15) is 0 Å². The number of hydrogen-bond donors (Lipinski definition) is 2. The van der Waals surface area contributed by atoms with Crippen LogP contribution in [0.2, 0.25) is 0 Å². The predicted octanol–water partition coefficient (Wildman–Crippen LogP) is 0.738. The van der Waals surface area contributed by atoms with Crippen molar-refractivity contribution < 1.29 is 14.7 Å². The van der Waals surface area contributed by atoms with E-state index >= 15 is 0 Å². The topological polar surface area (TPSA) is 83.6 Å². The van der Waals surface area contributed by atoms with Crippen LogP contribution >= 0.6 is 11.8 Å². The Hall–Kier alpha value is -0.750. The van der Waals surface area contributed by atoms with Crippen molar-refractivity contribution in [1.29, 1.82) is 0 Å². The van der Waals surface area contributed by atoms with Gasteiger partial charge in [-0.3, -0.25) is 4.79 Å². The second kappa shape index (κ2) is 5.93. The van der Waals surface area contributed by atoms with Gasteiger partial charge in [0.15, 0.2) is 0 Å². The average Bonchev–Trinajstić information content (AvgIpc) is 2.87. The minimum absolute atomic E-state index is 0.00773. The molecule has 0 aromatic heterocycles. The van der Waals surface area contributed by atoms with Gasteiger partial charge in [-0.1, -0.05) is 0 Å². The molecule has 18 heavy (non-hydrogen) atoms. The number of carbonyl (C=O) groups excluding carboxylic acids is 1. The van der Waals surface area contributed by atoms with Crippen molar-refractivity contribution in [3.63, 3.8) is 0 Å². The van der Waals surface area contributed by atoms with Crippen molar-refractivity contribution in [3.05, 3.63) is 0 Å². The highest BCUT2D eigenvalue weighted by Crippen LogP contribution is 2.32. The molecule has 5 nitrogen and oxygen atoms in total. The van der Waals surface area contributed by atoms with Gasteiger partial charge in [-0.15, -0.1) is 11.8 Å². The summed E-state index contributed by atoms with van der Waals surface area (Å²) in [5.41, 5.74) is 5.63. The number of rotatable bonds is 3. The van der Waals surface area contributed by atoms with Crippen LogP contribution < -0.4 is 5.73 Å². The van der Waals surface area contributed by atoms with Crippen LogP contribution in [0, 0.1) is 11.8 Å². The van der Waals surface area contributed by atoms with Crippen LogP contribution in [0.3, 0.4) is 0 Å². The molecule has 1 atom stereocenters. The Bertz CT molecular complexity index is 329. The lowest BCUT2D eigenvalue weighted by atomic mass is 9.81. The fourth-order valence-corrected chi connectivity index (χ4v) is 3.90. The van der Waals surface area contributed by atoms with Crippen molar-refractivity contribution in [1.82, 2.24) is 4.90 Å². The molecule has 3 N–H and O–H groups in total. The molecule has 2 aliphatic rings. The minimum Gasteiger partial charge on any atom is -0.480 e. The third-order valence-corrected chi connectivity index (χ3v) is 4.99. The van der Waals surface area contributed by atoms with Gasteiger partial charge in [-0.25, -0.2) is 4.79 Å². The summed E-state index contributed by atoms with van der Waals surface area (Å²) in [5.74, 6) is 0.726. The molecule has 0 spiro atoms. The molecule has 6 heteroatoms. The molecule has 1 amide bonds. The molecule has 0 radical (unpaired) electrons. The molecule has 2 fully saturated rings. The minimum atomic E-state index is -0.885. The standard InChI is InChI=1S/C12H20N2O3S/c13-5-8-1-3-9(4-2-8)11(15)14-7-18-6-10(14)12(16)17/h8-10H,1-7,13H2,(H,16,17)/t8?,9?,10-/m0/s1. The van der Waals surface area contributed by atoms with E-state index in [4.69, 9.17) is 10.8 Å². The monoisotopic (exact) mass is 272 g/mol. The third-order valence-electron chi connectivity index (χ3n) is 3.98. The SMILES string of the molecule is NCC1CCC(C(=O)N2CSC[C@H]2C(=O)O)CC1. The van der Waals surface area contributed by atoms with Crippen LogP contribution in [0.4, 0.5) is 0 Å². The lowest BCUT2D eigenvalue weighted by Gasteiger charge is -2.31. The van der Waals surface area contributed by atoms with Gasteiger partial charge in [0.1, 0.15) is 6.04 Å². The van der Waals surface area contributed by atoms with Crippen LogP contribution in [-0.2, 0) is 9.59 Å². The summed E-state index contributed by atoms with van der Waals surface area (Å²) in [6.07, 6.45) is 3.69. The summed E-state index contributed by atoms with van der Waals surface area (Å²) in [7, 11) is 0. The molecule has 1 saturated carbocycles. The second-order valence-corrected chi connectivity index (χ2v) is 6.12. The zero-order valence-electron chi connectivity index (χ0n) is 10.4. The Labute approximate surface area is 111 Å². The van der Waals surface area contributed by atoms with Gasteiger partial charge < -0.3 is 15.7 Å². The third kappa shape index (κ3) is 2.80. The maximum atomic E-state index is 12.3. The van der Waals surface area contributed by atoms with E-state index < -0.39 is 12.0 Å². The van der Waals surface area contributed by atoms with Gasteiger partial charge in [0, 0.05) is 11.7 Å². The largest absolute Gasteiger partial charge is 0.480 e. The first-order valence-corrected chi connectivity index (χ1v) is 7.60. The first-order chi connectivity index (χ1) is 8.63. The van der Waals surface area contributed by atoms with Gasteiger partial charge in [0.2, 0.25) is 5.91 Å². The van der Waals surface area contributed by atoms with Gasteiger partial charge in [0.05, 0.1) is 5.88 Å². The normalized spacial score (nSPS) is 32.5. The lowest BCUT2D eigenvalue weighted by Crippen LogP contribution is -2.45. The highest BCUT2D eigenvalue weighted by atomic mass is 32.2. The van der Waals surface area contributed by atoms with Crippen molar-refractivity contribution >= 4 is 23.6 Å². The Morgan fingerprint density at radius 1 is 1.28 bits per heavy atom. The van der Waals surface area contributed by atoms with Crippen molar-refractivity contribution in [2.75, 3.05) is 18.2 Å². The van der Waals surface area contributed by atoms with Crippen LogP contribution in [0.25, 0.3) is 0 Å². The lowest BCUT2D eigenvalue weighted by molar-refractivity contribution is -0.150. The van der Waals surface area contributed by atoms with E-state index in [1.165, 1.54) is 11.8 Å². The molecule has 2 rings (SSSR count). The van der Waals surface area contributed by atoms with Crippen molar-refractivity contribution in [2.45, 2.75) is 31.7 Å². The molecule has 1 aliphatic heterocycles. The number of amides is 1. The highest BCUT2D eigenvalue weighted by Gasteiger charge is 2.38. The Morgan fingerprint density at radius 3 is 2.50 bits per heavy atom. The smallest absolute Gasteiger partial charge is 0.327 e. The van der Waals surface area contributed by atoms with Crippen LogP contribution in [-0.4, -0.2) is 46.1 Å². The summed E-state index contributed by atoms with van der Waals surface area (Å²) in [6.45, 7) is 0.693. The van der Waals surface area contributed by atoms with Crippen molar-refractivity contribution in [2.24, 2.45) is 17.6 Å². The van der Waals surface area contributed by atoms with E-state index in [1.807, 2.05) is 0 Å². The van der Waals surface area contributed by atoms with Crippen molar-refractivity contribution in [3.8, 4) is 0 Å². The summed E-state index contributed by atoms with van der Waals surface area (Å²) in [5, 5.41) is 9.09. The summed E-state index contributed by atoms with van der Waals surface area (Å²) < 4.78 is 0. The molecule has 0 unspecified atom stereocenters. The Balaban J connectivity index is 1.93. The number of carboxylic acids is 1. The van der Waals surface area contributed by atoms with Crippen LogP contribution in [0.1, 0.15) is 25.7 Å². The first-order valence-electron chi connectivity index (χ1n) is 6.44. The van der Waals surface area contributed by atoms with Gasteiger partial charge >= 0.3 is 5.97 Å². The van der Waals surface area contributed by atoms with E-state index in [2.05, 4.69) is 0 Å². The number of carbonyl (C=O) groups is 2. The first kappa shape index (κ1) is 13.7. The van der Waals surface area contributed by atoms with E-state index in [-0.39, 0.29) is 11.8 Å².